The Morgan fingerprint density at radius 1 is 1.25 bits per heavy atom. The number of carbonyl (C=O) groups excluding carboxylic acids is 1. The number of amides is 1. The molecule has 1 saturated heterocycles. The topological polar surface area (TPSA) is 53.6 Å². The molecule has 2 heterocycles. The zero-order chi connectivity index (χ0) is 22.9. The average molecular weight is 450 g/mol. The number of hydrogen-bond donors (Lipinski definition) is 2. The highest BCUT2D eigenvalue weighted by Crippen LogP contribution is 2.49. The Kier molecular flexibility index (Phi) is 6.62. The predicted octanol–water partition coefficient (Wildman–Crippen LogP) is 4.15. The van der Waals surface area contributed by atoms with Gasteiger partial charge in [-0.15, -0.1) is 0 Å². The molecule has 32 heavy (non-hydrogen) atoms. The van der Waals surface area contributed by atoms with Gasteiger partial charge in [0.1, 0.15) is 0 Å². The quantitative estimate of drug-likeness (QED) is 0.709. The smallest absolute Gasteiger partial charge is 0.381 e. The molecule has 0 radical (unpaired) electrons. The highest BCUT2D eigenvalue weighted by molar-refractivity contribution is 5.77. The molecule has 1 aromatic carbocycles. The molecule has 5 atom stereocenters. The summed E-state index contributed by atoms with van der Waals surface area (Å²) in [4.78, 5) is 13.8. The highest BCUT2D eigenvalue weighted by Gasteiger charge is 2.45. The van der Waals surface area contributed by atoms with Gasteiger partial charge in [-0.05, 0) is 51.6 Å². The summed E-state index contributed by atoms with van der Waals surface area (Å²) < 4.78 is 46.6. The van der Waals surface area contributed by atoms with E-state index in [0.717, 1.165) is 25.3 Å². The average Bonchev–Trinajstić information content (AvgIpc) is 2.76. The first-order valence-corrected chi connectivity index (χ1v) is 11.1. The molecule has 1 unspecified atom stereocenters. The van der Waals surface area contributed by atoms with Crippen molar-refractivity contribution in [3.63, 3.8) is 0 Å². The van der Waals surface area contributed by atoms with E-state index in [4.69, 9.17) is 4.74 Å². The van der Waals surface area contributed by atoms with Crippen molar-refractivity contribution in [2.24, 2.45) is 11.8 Å². The Morgan fingerprint density at radius 3 is 2.75 bits per heavy atom. The van der Waals surface area contributed by atoms with Crippen LogP contribution in [0.25, 0.3) is 0 Å². The van der Waals surface area contributed by atoms with E-state index in [1.165, 1.54) is 12.1 Å². The van der Waals surface area contributed by atoms with E-state index in [2.05, 4.69) is 22.8 Å². The van der Waals surface area contributed by atoms with Crippen LogP contribution in [0.1, 0.15) is 36.5 Å². The normalized spacial score (nSPS) is 29.2. The number of likely N-dealkylation sites (N-methyl/N-ethyl adjacent to an activating group) is 1. The predicted molar refractivity (Wildman–Crippen MR) is 117 cm³/mol. The lowest BCUT2D eigenvalue weighted by molar-refractivity contribution is -0.138. The Labute approximate surface area is 186 Å². The van der Waals surface area contributed by atoms with Crippen LogP contribution in [0, 0.1) is 11.8 Å². The molecule has 3 aliphatic rings. The minimum absolute atomic E-state index is 0.0564. The molecule has 0 aromatic heterocycles. The van der Waals surface area contributed by atoms with Gasteiger partial charge in [0.2, 0.25) is 5.91 Å². The second-order valence-corrected chi connectivity index (χ2v) is 9.14. The van der Waals surface area contributed by atoms with E-state index in [1.807, 2.05) is 26.2 Å². The minimum atomic E-state index is -4.41. The number of anilines is 1. The van der Waals surface area contributed by atoms with Crippen molar-refractivity contribution < 1.29 is 22.7 Å². The molecule has 0 bridgehead atoms. The lowest BCUT2D eigenvalue weighted by Crippen LogP contribution is -2.49. The van der Waals surface area contributed by atoms with Crippen molar-refractivity contribution in [2.45, 2.75) is 43.7 Å². The van der Waals surface area contributed by atoms with E-state index in [0.29, 0.717) is 17.8 Å². The molecule has 174 valence electrons. The van der Waals surface area contributed by atoms with Gasteiger partial charge in [-0.1, -0.05) is 24.3 Å². The number of rotatable bonds is 5. The largest absolute Gasteiger partial charge is 0.416 e. The molecular weight excluding hydrogens is 419 g/mol. The summed E-state index contributed by atoms with van der Waals surface area (Å²) in [5.74, 6) is 0.214. The molecule has 1 aliphatic carbocycles. The number of carbonyl (C=O) groups is 1. The molecule has 8 heteroatoms. The first-order valence-electron chi connectivity index (χ1n) is 11.1. The zero-order valence-electron chi connectivity index (χ0n) is 18.4. The van der Waals surface area contributed by atoms with Gasteiger partial charge in [0.05, 0.1) is 24.3 Å². The zero-order valence-corrected chi connectivity index (χ0v) is 18.4. The van der Waals surface area contributed by atoms with Gasteiger partial charge in [0.15, 0.2) is 0 Å². The number of hydrogen-bond acceptors (Lipinski definition) is 4. The van der Waals surface area contributed by atoms with Gasteiger partial charge >= 0.3 is 6.18 Å². The molecule has 1 aromatic rings. The van der Waals surface area contributed by atoms with Gasteiger partial charge in [0.25, 0.3) is 0 Å². The van der Waals surface area contributed by atoms with E-state index < -0.39 is 17.8 Å². The number of ether oxygens (including phenoxy) is 1. The Balaban J connectivity index is 1.57. The first-order chi connectivity index (χ1) is 15.2. The summed E-state index contributed by atoms with van der Waals surface area (Å²) in [6.07, 6.45) is 5.71. The van der Waals surface area contributed by atoms with Gasteiger partial charge in [-0.25, -0.2) is 0 Å². The van der Waals surface area contributed by atoms with Crippen molar-refractivity contribution in [2.75, 3.05) is 32.5 Å². The summed E-state index contributed by atoms with van der Waals surface area (Å²) in [6, 6.07) is 3.95. The fraction of sp³-hybridized carbons (Fsp3) is 0.542. The molecule has 5 nitrogen and oxygen atoms in total. The van der Waals surface area contributed by atoms with Crippen LogP contribution >= 0.6 is 0 Å². The first kappa shape index (κ1) is 22.9. The number of nitrogens with one attached hydrogen (secondary N) is 2. The van der Waals surface area contributed by atoms with Gasteiger partial charge in [-0.2, -0.15) is 13.2 Å². The van der Waals surface area contributed by atoms with Crippen LogP contribution < -0.4 is 10.6 Å². The maximum absolute atomic E-state index is 13.4. The summed E-state index contributed by atoms with van der Waals surface area (Å²) in [5, 5.41) is 6.42. The number of fused-ring (bicyclic) bond motifs is 3. The van der Waals surface area contributed by atoms with Crippen molar-refractivity contribution in [1.29, 1.82) is 0 Å². The number of halogens is 3. The van der Waals surface area contributed by atoms with Crippen molar-refractivity contribution in [3.8, 4) is 0 Å². The van der Waals surface area contributed by atoms with E-state index >= 15 is 0 Å². The van der Waals surface area contributed by atoms with E-state index in [9.17, 15) is 18.0 Å². The van der Waals surface area contributed by atoms with Crippen LogP contribution in [0.15, 0.2) is 42.5 Å². The Morgan fingerprint density at radius 2 is 2.06 bits per heavy atom. The lowest BCUT2D eigenvalue weighted by Gasteiger charge is -2.47. The molecular formula is C24H30F3N3O2. The highest BCUT2D eigenvalue weighted by atomic mass is 19.4. The minimum Gasteiger partial charge on any atom is -0.381 e. The van der Waals surface area contributed by atoms with Crippen molar-refractivity contribution in [1.82, 2.24) is 10.2 Å². The van der Waals surface area contributed by atoms with Gasteiger partial charge in [0, 0.05) is 35.7 Å². The van der Waals surface area contributed by atoms with E-state index in [1.54, 1.807) is 4.90 Å². The van der Waals surface area contributed by atoms with Crippen LogP contribution in [0.4, 0.5) is 18.9 Å². The maximum Gasteiger partial charge on any atom is 0.416 e. The third kappa shape index (κ3) is 5.02. The van der Waals surface area contributed by atoms with Crippen molar-refractivity contribution in [3.05, 3.63) is 53.6 Å². The summed E-state index contributed by atoms with van der Waals surface area (Å²) in [5.41, 5.74) is 0.589. The standard InChI is InChI=1S/C24H30F3N3O2/c1-30(2)14-21(31)28-13-17-9-10-18-22(15-6-4-3-5-7-15)29-20-11-8-16(24(25,26)27)12-19(20)23(18)32-17/h3-6,8,11-12,15,17-18,22-23,29H,7,9-10,13-14H2,1-2H3,(H,28,31)/t15?,17-,18+,22+,23+/m1/s1. The molecule has 0 spiro atoms. The number of alkyl halides is 3. The molecule has 0 saturated carbocycles. The number of benzene rings is 1. The van der Waals surface area contributed by atoms with Gasteiger partial charge < -0.3 is 20.3 Å². The molecule has 2 aliphatic heterocycles. The molecule has 1 amide bonds. The second kappa shape index (κ2) is 9.27. The lowest BCUT2D eigenvalue weighted by atomic mass is 9.73. The SMILES string of the molecule is CN(C)CC(=O)NC[C@H]1CC[C@@H]2[C@H](O1)c1cc(C(F)(F)F)ccc1N[C@H]2C1C=CC=CC1. The summed E-state index contributed by atoms with van der Waals surface area (Å²) >= 11 is 0. The third-order valence-corrected chi connectivity index (χ3v) is 6.48. The monoisotopic (exact) mass is 449 g/mol. The second-order valence-electron chi connectivity index (χ2n) is 9.14. The molecule has 2 N–H and O–H groups in total. The molecule has 4 rings (SSSR count). The Hall–Kier alpha value is -2.32. The Bertz CT molecular complexity index is 897. The van der Waals surface area contributed by atoms with Gasteiger partial charge in [-0.3, -0.25) is 4.79 Å². The van der Waals surface area contributed by atoms with Crippen LogP contribution in [-0.4, -0.2) is 50.1 Å². The molecule has 1 fully saturated rings. The van der Waals surface area contributed by atoms with Crippen molar-refractivity contribution >= 4 is 11.6 Å². The number of allylic oxidation sites excluding steroid dienone is 3. The van der Waals surface area contributed by atoms with Crippen LogP contribution in [0.5, 0.6) is 0 Å². The van der Waals surface area contributed by atoms with Crippen LogP contribution in [0.3, 0.4) is 0 Å². The van der Waals surface area contributed by atoms with Crippen LogP contribution in [0.2, 0.25) is 0 Å². The summed E-state index contributed by atoms with van der Waals surface area (Å²) in [7, 11) is 3.64. The number of nitrogens with zero attached hydrogens (tertiary/aromatic N) is 1. The third-order valence-electron chi connectivity index (χ3n) is 6.48. The van der Waals surface area contributed by atoms with Crippen LogP contribution in [-0.2, 0) is 15.7 Å². The van der Waals surface area contributed by atoms with E-state index in [-0.39, 0.29) is 36.4 Å². The fourth-order valence-electron chi connectivity index (χ4n) is 4.98. The maximum atomic E-state index is 13.4. The fourth-order valence-corrected chi connectivity index (χ4v) is 4.98. The summed E-state index contributed by atoms with van der Waals surface area (Å²) in [6.45, 7) is 0.637.